The second kappa shape index (κ2) is 9.63. The molecule has 0 bridgehead atoms. The third kappa shape index (κ3) is 7.78. The van der Waals surface area contributed by atoms with Crippen molar-refractivity contribution >= 4 is 23.2 Å². The van der Waals surface area contributed by atoms with E-state index in [-0.39, 0.29) is 37.3 Å². The first-order chi connectivity index (χ1) is 11.2. The molecule has 1 atom stereocenters. The number of ether oxygens (including phenoxy) is 1. The lowest BCUT2D eigenvalue weighted by Crippen LogP contribution is -2.49. The lowest BCUT2D eigenvalue weighted by molar-refractivity contribution is -0.174. The van der Waals surface area contributed by atoms with Crippen LogP contribution in [0.3, 0.4) is 0 Å². The van der Waals surface area contributed by atoms with Gasteiger partial charge in [-0.2, -0.15) is 13.2 Å². The van der Waals surface area contributed by atoms with Crippen molar-refractivity contribution < 1.29 is 27.5 Å². The molecule has 136 valence electrons. The Morgan fingerprint density at radius 2 is 2.04 bits per heavy atom. The van der Waals surface area contributed by atoms with Crippen LogP contribution in [-0.4, -0.2) is 43.8 Å². The fourth-order valence-corrected chi connectivity index (χ4v) is 2.47. The predicted octanol–water partition coefficient (Wildman–Crippen LogP) is 2.59. The largest absolute Gasteiger partial charge is 0.411 e. The minimum atomic E-state index is -4.35. The Bertz CT molecular complexity index is 519. The van der Waals surface area contributed by atoms with Gasteiger partial charge in [-0.25, -0.2) is 0 Å². The third-order valence-electron chi connectivity index (χ3n) is 3.01. The zero-order valence-corrected chi connectivity index (χ0v) is 14.3. The van der Waals surface area contributed by atoms with Crippen LogP contribution in [0.25, 0.3) is 0 Å². The Labute approximate surface area is 142 Å². The number of hydrogen-bond acceptors (Lipinski definition) is 4. The number of amides is 2. The first-order valence-corrected chi connectivity index (χ1v) is 8.35. The zero-order chi connectivity index (χ0) is 18.2. The van der Waals surface area contributed by atoms with Crippen molar-refractivity contribution in [3.63, 3.8) is 0 Å². The molecule has 1 unspecified atom stereocenters. The molecule has 0 radical (unpaired) electrons. The minimum Gasteiger partial charge on any atom is -0.372 e. The molecule has 0 aliphatic heterocycles. The number of halogens is 3. The van der Waals surface area contributed by atoms with Crippen LogP contribution in [0.5, 0.6) is 0 Å². The van der Waals surface area contributed by atoms with Gasteiger partial charge in [0, 0.05) is 13.2 Å². The van der Waals surface area contributed by atoms with Gasteiger partial charge in [-0.3, -0.25) is 9.59 Å². The molecule has 1 rings (SSSR count). The van der Waals surface area contributed by atoms with E-state index < -0.39 is 18.8 Å². The first-order valence-electron chi connectivity index (χ1n) is 7.47. The van der Waals surface area contributed by atoms with E-state index in [1.807, 2.05) is 0 Å². The Balaban J connectivity index is 2.35. The molecular formula is C15H21F3N2O3S. The van der Waals surface area contributed by atoms with Crippen molar-refractivity contribution in [2.75, 3.05) is 19.8 Å². The van der Waals surface area contributed by atoms with Crippen molar-refractivity contribution in [2.45, 2.75) is 32.5 Å². The highest BCUT2D eigenvalue weighted by Crippen LogP contribution is 2.14. The van der Waals surface area contributed by atoms with Gasteiger partial charge in [-0.05, 0) is 23.8 Å². The van der Waals surface area contributed by atoms with E-state index >= 15 is 0 Å². The van der Waals surface area contributed by atoms with Gasteiger partial charge in [-0.1, -0.05) is 19.9 Å². The van der Waals surface area contributed by atoms with E-state index in [9.17, 15) is 22.8 Å². The average molecular weight is 366 g/mol. The molecule has 9 heteroatoms. The topological polar surface area (TPSA) is 67.4 Å². The van der Waals surface area contributed by atoms with Gasteiger partial charge in [0.05, 0.1) is 4.88 Å². The summed E-state index contributed by atoms with van der Waals surface area (Å²) in [6.07, 6.45) is -4.09. The van der Waals surface area contributed by atoms with Crippen molar-refractivity contribution in [3.8, 4) is 0 Å². The van der Waals surface area contributed by atoms with Crippen LogP contribution in [-0.2, 0) is 9.53 Å². The summed E-state index contributed by atoms with van der Waals surface area (Å²) in [7, 11) is 0. The fourth-order valence-electron chi connectivity index (χ4n) is 1.84. The normalized spacial score (nSPS) is 12.9. The Kier molecular flexibility index (Phi) is 8.20. The summed E-state index contributed by atoms with van der Waals surface area (Å²) < 4.78 is 40.1. The summed E-state index contributed by atoms with van der Waals surface area (Å²) in [5.41, 5.74) is 0. The molecule has 0 saturated carbocycles. The maximum Gasteiger partial charge on any atom is 0.411 e. The lowest BCUT2D eigenvalue weighted by Gasteiger charge is -2.21. The quantitative estimate of drug-likeness (QED) is 0.660. The van der Waals surface area contributed by atoms with E-state index in [1.165, 1.54) is 11.3 Å². The molecule has 1 aromatic rings. The molecule has 1 heterocycles. The minimum absolute atomic E-state index is 0.103. The summed E-state index contributed by atoms with van der Waals surface area (Å²) in [6.45, 7) is 2.37. The van der Waals surface area contributed by atoms with Crippen LogP contribution in [0.4, 0.5) is 13.2 Å². The molecule has 0 aliphatic carbocycles. The standard InChI is InChI=1S/C15H21F3N2O3S/c1-10(2)12(20-13(21)11-5-3-8-24-11)14(22)19-6-4-7-23-9-15(16,17)18/h3,5,8,10,12H,4,6-7,9H2,1-2H3,(H,19,22)(H,20,21). The van der Waals surface area contributed by atoms with Crippen LogP contribution < -0.4 is 10.6 Å². The summed E-state index contributed by atoms with van der Waals surface area (Å²) in [5, 5.41) is 7.04. The summed E-state index contributed by atoms with van der Waals surface area (Å²) >= 11 is 1.27. The zero-order valence-electron chi connectivity index (χ0n) is 13.5. The van der Waals surface area contributed by atoms with Crippen molar-refractivity contribution in [2.24, 2.45) is 5.92 Å². The molecule has 0 fully saturated rings. The van der Waals surface area contributed by atoms with Gasteiger partial charge in [0.1, 0.15) is 12.6 Å². The predicted molar refractivity (Wildman–Crippen MR) is 84.9 cm³/mol. The van der Waals surface area contributed by atoms with E-state index in [0.717, 1.165) is 0 Å². The number of rotatable bonds is 9. The number of thiophene rings is 1. The number of nitrogens with one attached hydrogen (secondary N) is 2. The van der Waals surface area contributed by atoms with Crippen molar-refractivity contribution in [1.82, 2.24) is 10.6 Å². The molecule has 0 spiro atoms. The van der Waals surface area contributed by atoms with Gasteiger partial charge in [0.25, 0.3) is 5.91 Å². The van der Waals surface area contributed by atoms with Crippen molar-refractivity contribution in [1.29, 1.82) is 0 Å². The van der Waals surface area contributed by atoms with Crippen LogP contribution >= 0.6 is 11.3 Å². The molecule has 1 aromatic heterocycles. The fraction of sp³-hybridized carbons (Fsp3) is 0.600. The highest BCUT2D eigenvalue weighted by molar-refractivity contribution is 7.12. The second-order valence-electron chi connectivity index (χ2n) is 5.48. The molecule has 0 aromatic carbocycles. The lowest BCUT2D eigenvalue weighted by atomic mass is 10.0. The Morgan fingerprint density at radius 1 is 1.33 bits per heavy atom. The maximum atomic E-state index is 12.1. The van der Waals surface area contributed by atoms with Gasteiger partial charge in [0.2, 0.25) is 5.91 Å². The van der Waals surface area contributed by atoms with Gasteiger partial charge in [0.15, 0.2) is 0 Å². The van der Waals surface area contributed by atoms with E-state index in [1.54, 1.807) is 31.4 Å². The van der Waals surface area contributed by atoms with Gasteiger partial charge >= 0.3 is 6.18 Å². The highest BCUT2D eigenvalue weighted by atomic mass is 32.1. The van der Waals surface area contributed by atoms with E-state index in [2.05, 4.69) is 15.4 Å². The number of carbonyl (C=O) groups excluding carboxylic acids is 2. The smallest absolute Gasteiger partial charge is 0.372 e. The first kappa shape index (κ1) is 20.4. The van der Waals surface area contributed by atoms with Crippen LogP contribution in [0.2, 0.25) is 0 Å². The monoisotopic (exact) mass is 366 g/mol. The molecule has 2 amide bonds. The Hall–Kier alpha value is -1.61. The van der Waals surface area contributed by atoms with Crippen LogP contribution in [0, 0.1) is 5.92 Å². The average Bonchev–Trinajstić information content (AvgIpc) is 3.00. The second-order valence-corrected chi connectivity index (χ2v) is 6.43. The SMILES string of the molecule is CC(C)C(NC(=O)c1cccs1)C(=O)NCCCOCC(F)(F)F. The van der Waals surface area contributed by atoms with E-state index in [0.29, 0.717) is 4.88 Å². The molecule has 5 nitrogen and oxygen atoms in total. The number of hydrogen-bond donors (Lipinski definition) is 2. The van der Waals surface area contributed by atoms with Gasteiger partial charge < -0.3 is 15.4 Å². The third-order valence-corrected chi connectivity index (χ3v) is 3.88. The van der Waals surface area contributed by atoms with Crippen molar-refractivity contribution in [3.05, 3.63) is 22.4 Å². The summed E-state index contributed by atoms with van der Waals surface area (Å²) in [5.74, 6) is -0.825. The van der Waals surface area contributed by atoms with E-state index in [4.69, 9.17) is 0 Å². The number of carbonyl (C=O) groups is 2. The van der Waals surface area contributed by atoms with Crippen LogP contribution in [0.1, 0.15) is 29.9 Å². The molecule has 0 aliphatic rings. The number of alkyl halides is 3. The molecule has 2 N–H and O–H groups in total. The Morgan fingerprint density at radius 3 is 2.58 bits per heavy atom. The molecular weight excluding hydrogens is 345 g/mol. The summed E-state index contributed by atoms with van der Waals surface area (Å²) in [6, 6.07) is 2.69. The summed E-state index contributed by atoms with van der Waals surface area (Å²) in [4.78, 5) is 24.7. The molecule has 0 saturated heterocycles. The van der Waals surface area contributed by atoms with Gasteiger partial charge in [-0.15, -0.1) is 11.3 Å². The molecule has 24 heavy (non-hydrogen) atoms. The van der Waals surface area contributed by atoms with Crippen LogP contribution in [0.15, 0.2) is 17.5 Å². The highest BCUT2D eigenvalue weighted by Gasteiger charge is 2.27. The maximum absolute atomic E-state index is 12.1.